The Labute approximate surface area is 214 Å². The lowest BCUT2D eigenvalue weighted by Crippen LogP contribution is -2.23. The minimum absolute atomic E-state index is 0.0327. The van der Waals surface area contributed by atoms with Gasteiger partial charge in [0.15, 0.2) is 0 Å². The lowest BCUT2D eigenvalue weighted by Gasteiger charge is -2.12. The van der Waals surface area contributed by atoms with Gasteiger partial charge in [0.25, 0.3) is 11.2 Å². The number of benzene rings is 2. The highest BCUT2D eigenvalue weighted by atomic mass is 79.9. The molecule has 10 heteroatoms. The van der Waals surface area contributed by atoms with Crippen LogP contribution in [-0.2, 0) is 0 Å². The molecule has 0 aliphatic heterocycles. The molecule has 0 atom stereocenters. The maximum Gasteiger partial charge on any atom is 0.287 e. The molecule has 5 aromatic rings. The lowest BCUT2D eigenvalue weighted by atomic mass is 10.1. The van der Waals surface area contributed by atoms with Gasteiger partial charge in [-0.1, -0.05) is 48.0 Å². The molecule has 5 rings (SSSR count). The summed E-state index contributed by atoms with van der Waals surface area (Å²) >= 11 is 3.43. The largest absolute Gasteiger partial charge is 0.298 e. The first kappa shape index (κ1) is 23.6. The maximum atomic E-state index is 13.4. The molecule has 0 saturated heterocycles. The van der Waals surface area contributed by atoms with Crippen molar-refractivity contribution in [2.24, 2.45) is 5.10 Å². The Morgan fingerprint density at radius 1 is 1.11 bits per heavy atom. The van der Waals surface area contributed by atoms with E-state index in [2.05, 4.69) is 26.0 Å². The Kier molecular flexibility index (Phi) is 5.97. The third-order valence-electron chi connectivity index (χ3n) is 5.98. The van der Waals surface area contributed by atoms with Gasteiger partial charge in [0.05, 0.1) is 27.6 Å². The van der Waals surface area contributed by atoms with Crippen molar-refractivity contribution in [3.05, 3.63) is 103 Å². The molecule has 0 amide bonds. The van der Waals surface area contributed by atoms with Crippen molar-refractivity contribution in [2.45, 2.75) is 26.7 Å². The summed E-state index contributed by atoms with van der Waals surface area (Å²) in [5, 5.41) is 17.1. The van der Waals surface area contributed by atoms with Crippen molar-refractivity contribution in [2.75, 3.05) is 0 Å². The van der Waals surface area contributed by atoms with Crippen molar-refractivity contribution >= 4 is 49.6 Å². The fourth-order valence-corrected chi connectivity index (χ4v) is 4.60. The van der Waals surface area contributed by atoms with Gasteiger partial charge in [0, 0.05) is 33.1 Å². The zero-order valence-electron chi connectivity index (χ0n) is 19.7. The Balaban J connectivity index is 1.70. The number of rotatable bonds is 5. The first-order chi connectivity index (χ1) is 17.3. The van der Waals surface area contributed by atoms with Gasteiger partial charge in [-0.2, -0.15) is 9.78 Å². The normalized spacial score (nSPS) is 11.8. The van der Waals surface area contributed by atoms with Gasteiger partial charge in [-0.3, -0.25) is 19.5 Å². The molecule has 3 aromatic heterocycles. The van der Waals surface area contributed by atoms with Crippen LogP contribution in [0.25, 0.3) is 27.6 Å². The second-order valence-corrected chi connectivity index (χ2v) is 9.55. The van der Waals surface area contributed by atoms with Gasteiger partial charge in [0.1, 0.15) is 17.8 Å². The summed E-state index contributed by atoms with van der Waals surface area (Å²) in [5.74, 6) is 1.07. The summed E-state index contributed by atoms with van der Waals surface area (Å²) in [6, 6.07) is 16.2. The predicted molar refractivity (Wildman–Crippen MR) is 143 cm³/mol. The SMILES string of the molecule is Cc1c(C=Nn2c(C(C)C)nc3ccc(Br)cc3c2=O)c2ccccc2n1-c1ccc([N+](=O)[O-])cn1. The third kappa shape index (κ3) is 3.99. The van der Waals surface area contributed by atoms with Gasteiger partial charge in [-0.25, -0.2) is 9.97 Å². The summed E-state index contributed by atoms with van der Waals surface area (Å²) in [4.78, 5) is 33.0. The third-order valence-corrected chi connectivity index (χ3v) is 6.48. The van der Waals surface area contributed by atoms with Crippen LogP contribution in [-0.4, -0.2) is 30.3 Å². The van der Waals surface area contributed by atoms with Crippen LogP contribution in [0.2, 0.25) is 0 Å². The van der Waals surface area contributed by atoms with E-state index in [4.69, 9.17) is 4.98 Å². The van der Waals surface area contributed by atoms with Crippen LogP contribution in [0.3, 0.4) is 0 Å². The highest BCUT2D eigenvalue weighted by molar-refractivity contribution is 9.10. The molecule has 0 saturated carbocycles. The molecule has 2 aromatic carbocycles. The highest BCUT2D eigenvalue weighted by Crippen LogP contribution is 2.28. The van der Waals surface area contributed by atoms with Crippen molar-refractivity contribution in [3.63, 3.8) is 0 Å². The van der Waals surface area contributed by atoms with E-state index in [1.807, 2.05) is 61.7 Å². The fraction of sp³-hybridized carbons (Fsp3) is 0.154. The average molecular weight is 545 g/mol. The number of hydrogen-bond acceptors (Lipinski definition) is 6. The zero-order chi connectivity index (χ0) is 25.6. The predicted octanol–water partition coefficient (Wildman–Crippen LogP) is 5.72. The summed E-state index contributed by atoms with van der Waals surface area (Å²) in [5.41, 5.74) is 2.80. The topological polar surface area (TPSA) is 108 Å². The van der Waals surface area contributed by atoms with Gasteiger partial charge in [-0.15, -0.1) is 0 Å². The summed E-state index contributed by atoms with van der Waals surface area (Å²) in [6.45, 7) is 5.86. The Hall–Kier alpha value is -4.18. The van der Waals surface area contributed by atoms with Crippen LogP contribution < -0.4 is 5.56 Å². The van der Waals surface area contributed by atoms with E-state index in [1.54, 1.807) is 18.3 Å². The molecule has 0 aliphatic rings. The number of pyridine rings is 1. The number of aromatic nitrogens is 4. The second-order valence-electron chi connectivity index (χ2n) is 8.63. The molecule has 0 radical (unpaired) electrons. The number of fused-ring (bicyclic) bond motifs is 2. The minimum Gasteiger partial charge on any atom is -0.298 e. The number of nitro groups is 1. The molecular formula is C26H21BrN6O3. The Bertz CT molecular complexity index is 1740. The van der Waals surface area contributed by atoms with Crippen molar-refractivity contribution in [1.29, 1.82) is 0 Å². The summed E-state index contributed by atoms with van der Waals surface area (Å²) < 4.78 is 4.06. The smallest absolute Gasteiger partial charge is 0.287 e. The highest BCUT2D eigenvalue weighted by Gasteiger charge is 2.17. The van der Waals surface area contributed by atoms with Crippen LogP contribution >= 0.6 is 15.9 Å². The van der Waals surface area contributed by atoms with E-state index in [-0.39, 0.29) is 17.2 Å². The number of hydrogen-bond donors (Lipinski definition) is 0. The molecule has 0 spiro atoms. The maximum absolute atomic E-state index is 13.4. The van der Waals surface area contributed by atoms with E-state index in [0.717, 1.165) is 26.6 Å². The van der Waals surface area contributed by atoms with Gasteiger partial charge >= 0.3 is 0 Å². The Morgan fingerprint density at radius 3 is 2.58 bits per heavy atom. The summed E-state index contributed by atoms with van der Waals surface area (Å²) in [6.07, 6.45) is 2.91. The van der Waals surface area contributed by atoms with Crippen molar-refractivity contribution < 1.29 is 4.92 Å². The average Bonchev–Trinajstić information content (AvgIpc) is 3.14. The van der Waals surface area contributed by atoms with Crippen molar-refractivity contribution in [3.8, 4) is 5.82 Å². The standard InChI is InChI=1S/C26H21BrN6O3/c1-15(2)25-30-22-10-8-17(27)12-20(22)26(34)32(25)29-14-21-16(3)31(23-7-5-4-6-19(21)23)24-11-9-18(13-28-24)33(35)36/h4-15H,1-3H3. The molecule has 0 fully saturated rings. The quantitative estimate of drug-likeness (QED) is 0.160. The molecular weight excluding hydrogens is 524 g/mol. The first-order valence-electron chi connectivity index (χ1n) is 11.2. The van der Waals surface area contributed by atoms with Crippen molar-refractivity contribution in [1.82, 2.24) is 19.2 Å². The first-order valence-corrected chi connectivity index (χ1v) is 12.0. The molecule has 3 heterocycles. The van der Waals surface area contributed by atoms with E-state index in [9.17, 15) is 14.9 Å². The Morgan fingerprint density at radius 2 is 1.89 bits per heavy atom. The van der Waals surface area contributed by atoms with E-state index < -0.39 is 4.92 Å². The zero-order valence-corrected chi connectivity index (χ0v) is 21.3. The molecule has 0 bridgehead atoms. The molecule has 9 nitrogen and oxygen atoms in total. The second kappa shape index (κ2) is 9.12. The molecule has 36 heavy (non-hydrogen) atoms. The van der Waals surface area contributed by atoms with Crippen LogP contribution in [0.5, 0.6) is 0 Å². The molecule has 0 unspecified atom stereocenters. The van der Waals surface area contributed by atoms with Gasteiger partial charge < -0.3 is 0 Å². The number of nitrogens with zero attached hydrogens (tertiary/aromatic N) is 6. The van der Waals surface area contributed by atoms with E-state index >= 15 is 0 Å². The van der Waals surface area contributed by atoms with Gasteiger partial charge in [-0.05, 0) is 37.3 Å². The molecule has 0 N–H and O–H groups in total. The monoisotopic (exact) mass is 544 g/mol. The minimum atomic E-state index is -0.477. The van der Waals surface area contributed by atoms with Crippen LogP contribution in [0.1, 0.15) is 36.8 Å². The van der Waals surface area contributed by atoms with E-state index in [1.165, 1.54) is 16.9 Å². The molecule has 0 aliphatic carbocycles. The van der Waals surface area contributed by atoms with Crippen LogP contribution in [0, 0.1) is 17.0 Å². The van der Waals surface area contributed by atoms with Crippen LogP contribution in [0.15, 0.2) is 75.2 Å². The number of halogens is 1. The fourth-order valence-electron chi connectivity index (χ4n) is 4.24. The van der Waals surface area contributed by atoms with Crippen LogP contribution in [0.4, 0.5) is 5.69 Å². The van der Waals surface area contributed by atoms with Gasteiger partial charge in [0.2, 0.25) is 0 Å². The number of para-hydroxylation sites is 1. The summed E-state index contributed by atoms with van der Waals surface area (Å²) in [7, 11) is 0. The lowest BCUT2D eigenvalue weighted by molar-refractivity contribution is -0.385. The molecule has 180 valence electrons. The van der Waals surface area contributed by atoms with E-state index in [0.29, 0.717) is 22.5 Å².